The van der Waals surface area contributed by atoms with Gasteiger partial charge in [0.05, 0.1) is 17.3 Å². The summed E-state index contributed by atoms with van der Waals surface area (Å²) in [7, 11) is -3.68. The van der Waals surface area contributed by atoms with E-state index in [1.807, 2.05) is 18.2 Å². The maximum atomic E-state index is 13.2. The van der Waals surface area contributed by atoms with Crippen LogP contribution in [-0.2, 0) is 21.4 Å². The predicted molar refractivity (Wildman–Crippen MR) is 126 cm³/mol. The highest BCUT2D eigenvalue weighted by Gasteiger charge is 2.34. The van der Waals surface area contributed by atoms with Crippen LogP contribution in [0.2, 0.25) is 0 Å². The van der Waals surface area contributed by atoms with Crippen molar-refractivity contribution in [3.05, 3.63) is 89.2 Å². The molecule has 0 spiro atoms. The van der Waals surface area contributed by atoms with Gasteiger partial charge in [0.1, 0.15) is 10.8 Å². The van der Waals surface area contributed by atoms with Crippen molar-refractivity contribution in [1.29, 1.82) is 5.26 Å². The number of sulfonamides is 1. The number of amides is 1. The molecule has 34 heavy (non-hydrogen) atoms. The van der Waals surface area contributed by atoms with Gasteiger partial charge in [0, 0.05) is 44.6 Å². The molecule has 0 radical (unpaired) electrons. The third-order valence-electron chi connectivity index (χ3n) is 6.28. The Balaban J connectivity index is 1.29. The van der Waals surface area contributed by atoms with Gasteiger partial charge in [-0.3, -0.25) is 14.7 Å². The van der Waals surface area contributed by atoms with Gasteiger partial charge in [0.25, 0.3) is 0 Å². The van der Waals surface area contributed by atoms with Gasteiger partial charge in [-0.2, -0.15) is 9.57 Å². The number of piperazine rings is 1. The number of benzene rings is 2. The minimum atomic E-state index is -3.68. The molecule has 1 unspecified atom stereocenters. The smallest absolute Gasteiger partial charge is 0.244 e. The van der Waals surface area contributed by atoms with E-state index in [2.05, 4.69) is 33.4 Å². The summed E-state index contributed by atoms with van der Waals surface area (Å²) in [6, 6.07) is 20.3. The topological polar surface area (TPSA) is 106 Å². The standard InChI is InChI=1S/C25H23N5O3S/c26-15-19-6-8-22-21(14-19)24(25(31)28-22)23-9-7-20(16-27-23)34(32,33)30-12-10-29(11-13-30)17-18-4-2-1-3-5-18/h1-9,14,16,24H,10-13,17H2,(H,28,31). The molecule has 5 rings (SSSR count). The zero-order valence-electron chi connectivity index (χ0n) is 18.4. The Morgan fingerprint density at radius 3 is 2.47 bits per heavy atom. The van der Waals surface area contributed by atoms with E-state index in [0.29, 0.717) is 48.7 Å². The van der Waals surface area contributed by atoms with Crippen LogP contribution >= 0.6 is 0 Å². The molecule has 0 aliphatic carbocycles. The first-order valence-electron chi connectivity index (χ1n) is 11.0. The molecule has 2 aliphatic heterocycles. The van der Waals surface area contributed by atoms with Crippen LogP contribution in [0, 0.1) is 11.3 Å². The number of anilines is 1. The number of carbonyl (C=O) groups is 1. The van der Waals surface area contributed by atoms with Gasteiger partial charge >= 0.3 is 0 Å². The van der Waals surface area contributed by atoms with Gasteiger partial charge in [0.15, 0.2) is 0 Å². The van der Waals surface area contributed by atoms with Crippen molar-refractivity contribution in [1.82, 2.24) is 14.2 Å². The molecule has 1 N–H and O–H groups in total. The quantitative estimate of drug-likeness (QED) is 0.610. The average molecular weight is 474 g/mol. The number of nitriles is 1. The molecule has 1 amide bonds. The Morgan fingerprint density at radius 2 is 1.79 bits per heavy atom. The number of carbonyl (C=O) groups excluding carboxylic acids is 1. The van der Waals surface area contributed by atoms with E-state index in [0.717, 1.165) is 6.54 Å². The van der Waals surface area contributed by atoms with Gasteiger partial charge in [0.2, 0.25) is 15.9 Å². The van der Waals surface area contributed by atoms with Crippen LogP contribution in [0.5, 0.6) is 0 Å². The fourth-order valence-corrected chi connectivity index (χ4v) is 5.83. The summed E-state index contributed by atoms with van der Waals surface area (Å²) in [4.78, 5) is 19.2. The Morgan fingerprint density at radius 1 is 1.03 bits per heavy atom. The van der Waals surface area contributed by atoms with E-state index in [-0.39, 0.29) is 10.8 Å². The molecule has 1 aromatic heterocycles. The largest absolute Gasteiger partial charge is 0.325 e. The van der Waals surface area contributed by atoms with E-state index in [1.165, 1.54) is 22.1 Å². The molecule has 1 atom stereocenters. The third kappa shape index (κ3) is 4.19. The molecule has 172 valence electrons. The van der Waals surface area contributed by atoms with E-state index >= 15 is 0 Å². The molecule has 0 saturated carbocycles. The van der Waals surface area contributed by atoms with Gasteiger partial charge in [-0.1, -0.05) is 30.3 Å². The summed E-state index contributed by atoms with van der Waals surface area (Å²) in [5, 5.41) is 12.0. The molecule has 3 aromatic rings. The molecule has 8 nitrogen and oxygen atoms in total. The summed E-state index contributed by atoms with van der Waals surface area (Å²) >= 11 is 0. The highest BCUT2D eigenvalue weighted by atomic mass is 32.2. The van der Waals surface area contributed by atoms with Crippen LogP contribution in [0.3, 0.4) is 0 Å². The van der Waals surface area contributed by atoms with E-state index < -0.39 is 15.9 Å². The van der Waals surface area contributed by atoms with Gasteiger partial charge in [-0.25, -0.2) is 8.42 Å². The molecule has 9 heteroatoms. The first-order chi connectivity index (χ1) is 16.5. The lowest BCUT2D eigenvalue weighted by molar-refractivity contribution is -0.116. The molecule has 3 heterocycles. The van der Waals surface area contributed by atoms with Crippen molar-refractivity contribution in [2.75, 3.05) is 31.5 Å². The molecule has 2 aliphatic rings. The molecule has 1 saturated heterocycles. The van der Waals surface area contributed by atoms with Crippen LogP contribution in [0.15, 0.2) is 71.8 Å². The number of rotatable bonds is 5. The highest BCUT2D eigenvalue weighted by molar-refractivity contribution is 7.89. The summed E-state index contributed by atoms with van der Waals surface area (Å²) < 4.78 is 27.9. The second-order valence-electron chi connectivity index (χ2n) is 8.42. The molecule has 2 aromatic carbocycles. The van der Waals surface area contributed by atoms with E-state index in [1.54, 1.807) is 24.3 Å². The first kappa shape index (κ1) is 22.2. The van der Waals surface area contributed by atoms with Crippen molar-refractivity contribution in [2.45, 2.75) is 17.4 Å². The Hall–Kier alpha value is -3.58. The SMILES string of the molecule is N#Cc1ccc2c(c1)C(c1ccc(S(=O)(=O)N3CCN(Cc4ccccc4)CC3)cn1)C(=O)N2. The fraction of sp³-hybridized carbons (Fsp3) is 0.240. The number of pyridine rings is 1. The molecular weight excluding hydrogens is 450 g/mol. The van der Waals surface area contributed by atoms with Crippen LogP contribution in [0.25, 0.3) is 0 Å². The van der Waals surface area contributed by atoms with Gasteiger partial charge < -0.3 is 5.32 Å². The number of fused-ring (bicyclic) bond motifs is 1. The predicted octanol–water partition coefficient (Wildman–Crippen LogP) is 2.54. The Labute approximate surface area is 198 Å². The van der Waals surface area contributed by atoms with Crippen molar-refractivity contribution in [3.8, 4) is 6.07 Å². The number of nitrogens with zero attached hydrogens (tertiary/aromatic N) is 4. The van der Waals surface area contributed by atoms with Crippen LogP contribution in [0.1, 0.15) is 28.3 Å². The molecule has 1 fully saturated rings. The normalized spacial score (nSPS) is 18.8. The number of nitrogens with one attached hydrogen (secondary N) is 1. The first-order valence-corrected chi connectivity index (χ1v) is 12.5. The van der Waals surface area contributed by atoms with Crippen LogP contribution in [-0.4, -0.2) is 54.7 Å². The van der Waals surface area contributed by atoms with Gasteiger partial charge in [-0.05, 0) is 41.5 Å². The number of hydrogen-bond acceptors (Lipinski definition) is 6. The summed E-state index contributed by atoms with van der Waals surface area (Å²) in [6.45, 7) is 2.92. The monoisotopic (exact) mass is 473 g/mol. The molecular formula is C25H23N5O3S. The second-order valence-corrected chi connectivity index (χ2v) is 10.4. The van der Waals surface area contributed by atoms with E-state index in [4.69, 9.17) is 0 Å². The Kier molecular flexibility index (Phi) is 5.87. The summed E-state index contributed by atoms with van der Waals surface area (Å²) in [5.41, 5.74) is 3.41. The maximum absolute atomic E-state index is 13.2. The Bertz CT molecular complexity index is 1360. The maximum Gasteiger partial charge on any atom is 0.244 e. The average Bonchev–Trinajstić information content (AvgIpc) is 3.20. The fourth-order valence-electron chi connectivity index (χ4n) is 4.46. The van der Waals surface area contributed by atoms with Crippen molar-refractivity contribution >= 4 is 21.6 Å². The van der Waals surface area contributed by atoms with Gasteiger partial charge in [-0.15, -0.1) is 0 Å². The molecule has 0 bridgehead atoms. The van der Waals surface area contributed by atoms with Crippen molar-refractivity contribution in [3.63, 3.8) is 0 Å². The minimum absolute atomic E-state index is 0.108. The van der Waals surface area contributed by atoms with Crippen molar-refractivity contribution in [2.24, 2.45) is 0 Å². The summed E-state index contributed by atoms with van der Waals surface area (Å²) in [6.07, 6.45) is 1.32. The zero-order valence-corrected chi connectivity index (χ0v) is 19.2. The van der Waals surface area contributed by atoms with Crippen LogP contribution < -0.4 is 5.32 Å². The zero-order chi connectivity index (χ0) is 23.7. The number of aromatic nitrogens is 1. The minimum Gasteiger partial charge on any atom is -0.325 e. The third-order valence-corrected chi connectivity index (χ3v) is 8.17. The summed E-state index contributed by atoms with van der Waals surface area (Å²) in [5.74, 6) is -0.927. The number of hydrogen-bond donors (Lipinski definition) is 1. The highest BCUT2D eigenvalue weighted by Crippen LogP contribution is 2.37. The lowest BCUT2D eigenvalue weighted by atomic mass is 9.95. The van der Waals surface area contributed by atoms with E-state index in [9.17, 15) is 18.5 Å². The lowest BCUT2D eigenvalue weighted by Gasteiger charge is -2.34. The van der Waals surface area contributed by atoms with Crippen LogP contribution in [0.4, 0.5) is 5.69 Å². The lowest BCUT2D eigenvalue weighted by Crippen LogP contribution is -2.48. The second kappa shape index (κ2) is 8.99. The van der Waals surface area contributed by atoms with Crippen molar-refractivity contribution < 1.29 is 13.2 Å².